The van der Waals surface area contributed by atoms with Gasteiger partial charge in [0.2, 0.25) is 15.9 Å². The zero-order valence-electron chi connectivity index (χ0n) is 16.5. The smallest absolute Gasteiger partial charge is 0.243 e. The first-order chi connectivity index (χ1) is 13.7. The Hall–Kier alpha value is -2.09. The van der Waals surface area contributed by atoms with Crippen LogP contribution in [0.5, 0.6) is 5.75 Å². The molecule has 1 fully saturated rings. The van der Waals surface area contributed by atoms with Gasteiger partial charge in [0.1, 0.15) is 5.75 Å². The van der Waals surface area contributed by atoms with Crippen LogP contribution in [-0.4, -0.2) is 38.8 Å². The van der Waals surface area contributed by atoms with Crippen LogP contribution >= 0.6 is 11.6 Å². The Labute approximate surface area is 176 Å². The largest absolute Gasteiger partial charge is 0.497 e. The van der Waals surface area contributed by atoms with Gasteiger partial charge in [-0.15, -0.1) is 0 Å². The first-order valence-corrected chi connectivity index (χ1v) is 11.2. The molecule has 1 amide bonds. The summed E-state index contributed by atoms with van der Waals surface area (Å²) in [5.74, 6) is 0.567. The van der Waals surface area contributed by atoms with Crippen molar-refractivity contribution in [1.29, 1.82) is 0 Å². The van der Waals surface area contributed by atoms with Crippen molar-refractivity contribution in [2.75, 3.05) is 20.2 Å². The second kappa shape index (κ2) is 8.73. The van der Waals surface area contributed by atoms with Crippen LogP contribution in [0.1, 0.15) is 25.3 Å². The molecule has 6 nitrogen and oxygen atoms in total. The van der Waals surface area contributed by atoms with E-state index in [0.717, 1.165) is 11.3 Å². The Morgan fingerprint density at radius 1 is 1.24 bits per heavy atom. The maximum Gasteiger partial charge on any atom is 0.243 e. The van der Waals surface area contributed by atoms with Crippen LogP contribution in [0.4, 0.5) is 0 Å². The van der Waals surface area contributed by atoms with E-state index in [4.69, 9.17) is 16.3 Å². The molecule has 2 aromatic carbocycles. The Balaban J connectivity index is 1.70. The number of benzene rings is 2. The minimum absolute atomic E-state index is 0.141. The van der Waals surface area contributed by atoms with Crippen LogP contribution in [0, 0.1) is 5.41 Å². The summed E-state index contributed by atoms with van der Waals surface area (Å²) in [7, 11) is -2.09. The molecule has 2 aromatic rings. The maximum atomic E-state index is 13.0. The molecule has 1 saturated heterocycles. The van der Waals surface area contributed by atoms with Crippen molar-refractivity contribution >= 4 is 27.5 Å². The van der Waals surface area contributed by atoms with Crippen molar-refractivity contribution in [1.82, 2.24) is 9.62 Å². The van der Waals surface area contributed by atoms with Gasteiger partial charge < -0.3 is 10.1 Å². The number of hydrogen-bond acceptors (Lipinski definition) is 4. The van der Waals surface area contributed by atoms with Crippen molar-refractivity contribution < 1.29 is 17.9 Å². The molecule has 156 valence electrons. The number of carbonyl (C=O) groups is 1. The maximum absolute atomic E-state index is 13.0. The number of nitrogens with one attached hydrogen (secondary N) is 1. The van der Waals surface area contributed by atoms with Crippen LogP contribution in [0.3, 0.4) is 0 Å². The molecule has 0 aromatic heterocycles. The third-order valence-corrected chi connectivity index (χ3v) is 7.36. The molecular formula is C21H25ClN2O4S. The van der Waals surface area contributed by atoms with Crippen molar-refractivity contribution in [2.45, 2.75) is 31.2 Å². The molecule has 0 bridgehead atoms. The van der Waals surface area contributed by atoms with Crippen molar-refractivity contribution in [3.8, 4) is 5.75 Å². The number of carbonyl (C=O) groups excluding carboxylic acids is 1. The van der Waals surface area contributed by atoms with Gasteiger partial charge in [-0.3, -0.25) is 4.79 Å². The second-order valence-electron chi connectivity index (χ2n) is 7.49. The Morgan fingerprint density at radius 3 is 2.66 bits per heavy atom. The molecule has 0 spiro atoms. The number of halogens is 1. The van der Waals surface area contributed by atoms with E-state index in [0.29, 0.717) is 31.0 Å². The first kappa shape index (κ1) is 21.6. The van der Waals surface area contributed by atoms with Crippen molar-refractivity contribution in [3.05, 3.63) is 59.1 Å². The SMILES string of the molecule is COc1cccc(CNC(=O)[C@]2(C)CCCN(S(=O)(=O)c3ccc(Cl)cc3)C2)c1. The van der Waals surface area contributed by atoms with Gasteiger partial charge in [0, 0.05) is 24.7 Å². The van der Waals surface area contributed by atoms with Gasteiger partial charge in [-0.1, -0.05) is 23.7 Å². The van der Waals surface area contributed by atoms with Gasteiger partial charge in [0.15, 0.2) is 0 Å². The Kier molecular flexibility index (Phi) is 6.51. The average Bonchev–Trinajstić information content (AvgIpc) is 2.72. The number of methoxy groups -OCH3 is 1. The summed E-state index contributed by atoms with van der Waals surface area (Å²) in [6.45, 7) is 2.71. The number of amides is 1. The molecule has 29 heavy (non-hydrogen) atoms. The van der Waals surface area contributed by atoms with Crippen molar-refractivity contribution in [3.63, 3.8) is 0 Å². The monoisotopic (exact) mass is 436 g/mol. The van der Waals surface area contributed by atoms with Gasteiger partial charge in [-0.25, -0.2) is 8.42 Å². The standard InChI is InChI=1S/C21H25ClN2O4S/c1-21(20(25)23-14-16-5-3-6-18(13-16)28-2)11-4-12-24(15-21)29(26,27)19-9-7-17(22)8-10-19/h3,5-10,13H,4,11-12,14-15H2,1-2H3,(H,23,25)/t21-/m1/s1. The number of hydrogen-bond donors (Lipinski definition) is 1. The quantitative estimate of drug-likeness (QED) is 0.752. The molecule has 0 unspecified atom stereocenters. The van der Waals surface area contributed by atoms with Gasteiger partial charge >= 0.3 is 0 Å². The van der Waals surface area contributed by atoms with E-state index < -0.39 is 15.4 Å². The number of sulfonamides is 1. The lowest BCUT2D eigenvalue weighted by Gasteiger charge is -2.38. The van der Waals surface area contributed by atoms with Crippen LogP contribution in [0.25, 0.3) is 0 Å². The fourth-order valence-electron chi connectivity index (χ4n) is 3.52. The molecule has 0 aliphatic carbocycles. The predicted molar refractivity (Wildman–Crippen MR) is 112 cm³/mol. The third kappa shape index (κ3) is 4.91. The summed E-state index contributed by atoms with van der Waals surface area (Å²) in [4.78, 5) is 13.1. The van der Waals surface area contributed by atoms with E-state index in [2.05, 4.69) is 5.32 Å². The lowest BCUT2D eigenvalue weighted by molar-refractivity contribution is -0.132. The van der Waals surface area contributed by atoms with Crippen LogP contribution in [-0.2, 0) is 21.4 Å². The molecule has 0 radical (unpaired) electrons. The average molecular weight is 437 g/mol. The van der Waals surface area contributed by atoms with E-state index in [1.54, 1.807) is 19.2 Å². The van der Waals surface area contributed by atoms with Crippen LogP contribution in [0.2, 0.25) is 5.02 Å². The fourth-order valence-corrected chi connectivity index (χ4v) is 5.25. The molecular weight excluding hydrogens is 412 g/mol. The predicted octanol–water partition coefficient (Wildman–Crippen LogP) is 3.46. The molecule has 1 atom stereocenters. The highest BCUT2D eigenvalue weighted by Crippen LogP contribution is 2.33. The van der Waals surface area contributed by atoms with E-state index in [-0.39, 0.29) is 17.3 Å². The van der Waals surface area contributed by atoms with Crippen LogP contribution < -0.4 is 10.1 Å². The fraction of sp³-hybridized carbons (Fsp3) is 0.381. The summed E-state index contributed by atoms with van der Waals surface area (Å²) in [6.07, 6.45) is 1.25. The number of rotatable bonds is 6. The number of nitrogens with zero attached hydrogens (tertiary/aromatic N) is 1. The highest BCUT2D eigenvalue weighted by Gasteiger charge is 2.41. The molecule has 3 rings (SSSR count). The van der Waals surface area contributed by atoms with E-state index in [1.165, 1.54) is 16.4 Å². The molecule has 0 saturated carbocycles. The lowest BCUT2D eigenvalue weighted by Crippen LogP contribution is -2.51. The van der Waals surface area contributed by atoms with E-state index in [1.807, 2.05) is 31.2 Å². The molecule has 1 N–H and O–H groups in total. The third-order valence-electron chi connectivity index (χ3n) is 5.25. The molecule has 1 aliphatic heterocycles. The first-order valence-electron chi connectivity index (χ1n) is 9.41. The highest BCUT2D eigenvalue weighted by atomic mass is 35.5. The van der Waals surface area contributed by atoms with Gasteiger partial charge in [-0.2, -0.15) is 4.31 Å². The Bertz CT molecular complexity index is 978. The normalized spacial score (nSPS) is 20.2. The lowest BCUT2D eigenvalue weighted by atomic mass is 9.82. The summed E-state index contributed by atoms with van der Waals surface area (Å²) in [5, 5.41) is 3.42. The summed E-state index contributed by atoms with van der Waals surface area (Å²) in [6, 6.07) is 13.6. The van der Waals surface area contributed by atoms with Gasteiger partial charge in [0.05, 0.1) is 17.4 Å². The summed E-state index contributed by atoms with van der Waals surface area (Å²) < 4.78 is 32.6. The molecule has 1 aliphatic rings. The van der Waals surface area contributed by atoms with E-state index >= 15 is 0 Å². The minimum Gasteiger partial charge on any atom is -0.497 e. The topological polar surface area (TPSA) is 75.7 Å². The summed E-state index contributed by atoms with van der Waals surface area (Å²) >= 11 is 5.87. The van der Waals surface area contributed by atoms with Gasteiger partial charge in [-0.05, 0) is 61.7 Å². The Morgan fingerprint density at radius 2 is 1.97 bits per heavy atom. The van der Waals surface area contributed by atoms with Gasteiger partial charge in [0.25, 0.3) is 0 Å². The minimum atomic E-state index is -3.68. The molecule has 8 heteroatoms. The summed E-state index contributed by atoms with van der Waals surface area (Å²) in [5.41, 5.74) is 0.124. The molecule has 1 heterocycles. The zero-order chi connectivity index (χ0) is 21.1. The van der Waals surface area contributed by atoms with Crippen molar-refractivity contribution in [2.24, 2.45) is 5.41 Å². The van der Waals surface area contributed by atoms with E-state index in [9.17, 15) is 13.2 Å². The zero-order valence-corrected chi connectivity index (χ0v) is 18.1. The number of piperidine rings is 1. The number of ether oxygens (including phenoxy) is 1. The highest BCUT2D eigenvalue weighted by molar-refractivity contribution is 7.89. The second-order valence-corrected chi connectivity index (χ2v) is 9.87. The van der Waals surface area contributed by atoms with Crippen LogP contribution in [0.15, 0.2) is 53.4 Å².